The Morgan fingerprint density at radius 1 is 1.11 bits per heavy atom. The van der Waals surface area contributed by atoms with E-state index in [2.05, 4.69) is 11.4 Å². The van der Waals surface area contributed by atoms with Gasteiger partial charge in [0.25, 0.3) is 0 Å². The number of nitrogens with zero attached hydrogens (tertiary/aromatic N) is 3. The van der Waals surface area contributed by atoms with E-state index in [1.807, 2.05) is 73.1 Å². The van der Waals surface area contributed by atoms with Crippen molar-refractivity contribution >= 4 is 17.5 Å². The minimum Gasteiger partial charge on any atom is -0.491 e. The van der Waals surface area contributed by atoms with Crippen molar-refractivity contribution in [1.29, 1.82) is 5.26 Å². The van der Waals surface area contributed by atoms with E-state index in [0.29, 0.717) is 49.4 Å². The molecule has 1 amide bonds. The zero-order valence-electron chi connectivity index (χ0n) is 20.7. The number of aromatic nitrogens is 1. The minimum absolute atomic E-state index is 0.434. The largest absolute Gasteiger partial charge is 0.491 e. The molecule has 1 fully saturated rings. The van der Waals surface area contributed by atoms with Crippen LogP contribution >= 0.6 is 0 Å². The zero-order chi connectivity index (χ0) is 25.5. The molecule has 2 heterocycles. The molecule has 0 spiro atoms. The van der Waals surface area contributed by atoms with E-state index in [-0.39, 0.29) is 0 Å². The molecule has 0 bridgehead atoms. The molecule has 1 aromatic heterocycles. The third-order valence-electron chi connectivity index (χ3n) is 6.79. The maximum atomic E-state index is 11.2. The molecule has 1 aliphatic rings. The van der Waals surface area contributed by atoms with Gasteiger partial charge in [0.05, 0.1) is 18.0 Å². The molecular formula is C28H32N4O4. The van der Waals surface area contributed by atoms with Crippen molar-refractivity contribution in [3.8, 4) is 17.6 Å². The molecule has 0 atom stereocenters. The summed E-state index contributed by atoms with van der Waals surface area (Å²) in [6.07, 6.45) is 1.70. The van der Waals surface area contributed by atoms with Crippen LogP contribution in [-0.2, 0) is 13.7 Å². The Hall–Kier alpha value is -4.12. The topological polar surface area (TPSA) is 99.8 Å². The molecule has 0 radical (unpaired) electrons. The lowest BCUT2D eigenvalue weighted by molar-refractivity contribution is 0.119. The molecule has 1 saturated heterocycles. The van der Waals surface area contributed by atoms with Crippen molar-refractivity contribution in [2.45, 2.75) is 32.8 Å². The van der Waals surface area contributed by atoms with Gasteiger partial charge in [0.1, 0.15) is 29.9 Å². The number of hydrogen-bond acceptors (Lipinski definition) is 5. The smallest absolute Gasteiger partial charge is 0.407 e. The fourth-order valence-corrected chi connectivity index (χ4v) is 4.38. The lowest BCUT2D eigenvalue weighted by Gasteiger charge is -2.29. The number of amides is 1. The summed E-state index contributed by atoms with van der Waals surface area (Å²) in [5.41, 5.74) is 4.25. The second-order valence-corrected chi connectivity index (χ2v) is 9.11. The average molecular weight is 489 g/mol. The molecule has 36 heavy (non-hydrogen) atoms. The molecule has 188 valence electrons. The fraction of sp³-hybridized carbons (Fsp3) is 0.357. The van der Waals surface area contributed by atoms with Crippen LogP contribution in [0.4, 0.5) is 16.2 Å². The predicted molar refractivity (Wildman–Crippen MR) is 138 cm³/mol. The SMILES string of the molecule is Cc1c(Nc2ccc(OCc3ccccc3)cc2OCCC2CCN(C(=O)O)CC2)cc(C#N)n1C. The summed E-state index contributed by atoms with van der Waals surface area (Å²) in [6.45, 7) is 4.09. The van der Waals surface area contributed by atoms with Gasteiger partial charge in [-0.1, -0.05) is 30.3 Å². The second kappa shape index (κ2) is 11.5. The van der Waals surface area contributed by atoms with Crippen LogP contribution in [0.3, 0.4) is 0 Å². The van der Waals surface area contributed by atoms with E-state index in [4.69, 9.17) is 14.6 Å². The molecule has 0 unspecified atom stereocenters. The third-order valence-corrected chi connectivity index (χ3v) is 6.79. The maximum Gasteiger partial charge on any atom is 0.407 e. The Kier molecular flexibility index (Phi) is 8.01. The molecule has 4 rings (SSSR count). The lowest BCUT2D eigenvalue weighted by atomic mass is 9.94. The van der Waals surface area contributed by atoms with Gasteiger partial charge in [0.15, 0.2) is 0 Å². The van der Waals surface area contributed by atoms with Crippen molar-refractivity contribution in [1.82, 2.24) is 9.47 Å². The van der Waals surface area contributed by atoms with Gasteiger partial charge in [-0.3, -0.25) is 0 Å². The number of nitrogens with one attached hydrogen (secondary N) is 1. The highest BCUT2D eigenvalue weighted by molar-refractivity contribution is 5.70. The molecule has 2 N–H and O–H groups in total. The average Bonchev–Trinajstić information content (AvgIpc) is 3.17. The quantitative estimate of drug-likeness (QED) is 0.402. The van der Waals surface area contributed by atoms with Gasteiger partial charge in [-0.05, 0) is 55.9 Å². The molecular weight excluding hydrogens is 456 g/mol. The Morgan fingerprint density at radius 2 is 1.86 bits per heavy atom. The highest BCUT2D eigenvalue weighted by Gasteiger charge is 2.22. The van der Waals surface area contributed by atoms with E-state index in [9.17, 15) is 10.1 Å². The number of ether oxygens (including phenoxy) is 2. The van der Waals surface area contributed by atoms with E-state index >= 15 is 0 Å². The number of anilines is 2. The Bertz CT molecular complexity index is 1220. The Balaban J connectivity index is 1.46. The van der Waals surface area contributed by atoms with E-state index in [1.165, 1.54) is 4.90 Å². The van der Waals surface area contributed by atoms with E-state index in [0.717, 1.165) is 41.9 Å². The van der Waals surface area contributed by atoms with Gasteiger partial charge in [-0.15, -0.1) is 0 Å². The van der Waals surface area contributed by atoms with E-state index < -0.39 is 6.09 Å². The first-order chi connectivity index (χ1) is 17.4. The molecule has 8 heteroatoms. The summed E-state index contributed by atoms with van der Waals surface area (Å²) in [7, 11) is 1.87. The summed E-state index contributed by atoms with van der Waals surface area (Å²) in [6, 6.07) is 19.8. The van der Waals surface area contributed by atoms with Crippen LogP contribution in [-0.4, -0.2) is 40.4 Å². The first-order valence-electron chi connectivity index (χ1n) is 12.2. The summed E-state index contributed by atoms with van der Waals surface area (Å²) in [5, 5.41) is 22.0. The van der Waals surface area contributed by atoms with Gasteiger partial charge in [-0.2, -0.15) is 5.26 Å². The highest BCUT2D eigenvalue weighted by Crippen LogP contribution is 2.34. The highest BCUT2D eigenvalue weighted by atomic mass is 16.5. The molecule has 3 aromatic rings. The van der Waals surface area contributed by atoms with Crippen molar-refractivity contribution in [3.63, 3.8) is 0 Å². The van der Waals surface area contributed by atoms with Crippen LogP contribution in [0.15, 0.2) is 54.6 Å². The number of benzene rings is 2. The van der Waals surface area contributed by atoms with Gasteiger partial charge in [0, 0.05) is 31.9 Å². The first kappa shape index (κ1) is 25.0. The first-order valence-corrected chi connectivity index (χ1v) is 12.2. The van der Waals surface area contributed by atoms with Gasteiger partial charge in [-0.25, -0.2) is 4.79 Å². The van der Waals surface area contributed by atoms with Crippen LogP contribution in [0.25, 0.3) is 0 Å². The van der Waals surface area contributed by atoms with Gasteiger partial charge in [0.2, 0.25) is 0 Å². The number of likely N-dealkylation sites (tertiary alicyclic amines) is 1. The predicted octanol–water partition coefficient (Wildman–Crippen LogP) is 5.69. The minimum atomic E-state index is -0.844. The monoisotopic (exact) mass is 488 g/mol. The van der Waals surface area contributed by atoms with Crippen molar-refractivity contribution in [2.75, 3.05) is 25.0 Å². The van der Waals surface area contributed by atoms with Crippen molar-refractivity contribution in [2.24, 2.45) is 13.0 Å². The van der Waals surface area contributed by atoms with Crippen molar-refractivity contribution < 1.29 is 19.4 Å². The number of carboxylic acid groups (broad SMARTS) is 1. The lowest BCUT2D eigenvalue weighted by Crippen LogP contribution is -2.37. The summed E-state index contributed by atoms with van der Waals surface area (Å²) in [5.74, 6) is 1.81. The third kappa shape index (κ3) is 6.11. The number of nitriles is 1. The number of hydrogen-bond donors (Lipinski definition) is 2. The zero-order valence-corrected chi connectivity index (χ0v) is 20.7. The van der Waals surface area contributed by atoms with Crippen LogP contribution in [0, 0.1) is 24.2 Å². The molecule has 8 nitrogen and oxygen atoms in total. The van der Waals surface area contributed by atoms with E-state index in [1.54, 1.807) is 0 Å². The van der Waals surface area contributed by atoms with Crippen LogP contribution < -0.4 is 14.8 Å². The van der Waals surface area contributed by atoms with Crippen molar-refractivity contribution in [3.05, 3.63) is 71.5 Å². The maximum absolute atomic E-state index is 11.2. The summed E-state index contributed by atoms with van der Waals surface area (Å²) in [4.78, 5) is 12.6. The van der Waals surface area contributed by atoms with Crippen LogP contribution in [0.2, 0.25) is 0 Å². The number of rotatable bonds is 9. The molecule has 1 aliphatic heterocycles. The molecule has 0 aliphatic carbocycles. The van der Waals surface area contributed by atoms with Crippen LogP contribution in [0.1, 0.15) is 36.2 Å². The second-order valence-electron chi connectivity index (χ2n) is 9.11. The number of carbonyl (C=O) groups is 1. The standard InChI is InChI=1S/C28H32N4O4/c1-20-26(16-23(18-29)31(20)2)30-25-9-8-24(36-19-22-6-4-3-5-7-22)17-27(25)35-15-12-21-10-13-32(14-11-21)28(33)34/h3-9,16-17,21,30H,10-15,19H2,1-2H3,(H,33,34). The summed E-state index contributed by atoms with van der Waals surface area (Å²) >= 11 is 0. The molecule has 2 aromatic carbocycles. The molecule has 0 saturated carbocycles. The Labute approximate surface area is 211 Å². The fourth-order valence-electron chi connectivity index (χ4n) is 4.38. The van der Waals surface area contributed by atoms with Crippen LogP contribution in [0.5, 0.6) is 11.5 Å². The summed E-state index contributed by atoms with van der Waals surface area (Å²) < 4.78 is 14.1. The Morgan fingerprint density at radius 3 is 2.53 bits per heavy atom. The van der Waals surface area contributed by atoms with Gasteiger partial charge >= 0.3 is 6.09 Å². The van der Waals surface area contributed by atoms with Gasteiger partial charge < -0.3 is 29.4 Å². The number of piperidine rings is 1. The normalized spacial score (nSPS) is 13.8.